The monoisotopic (exact) mass is 359 g/mol. The van der Waals surface area contributed by atoms with Crippen molar-refractivity contribution in [3.63, 3.8) is 0 Å². The van der Waals surface area contributed by atoms with Gasteiger partial charge in [0.1, 0.15) is 0 Å². The number of nitrogens with zero attached hydrogens (tertiary/aromatic N) is 1. The van der Waals surface area contributed by atoms with Gasteiger partial charge in [-0.05, 0) is 37.8 Å². The Bertz CT molecular complexity index is 699. The van der Waals surface area contributed by atoms with E-state index in [1.807, 2.05) is 12.1 Å². The van der Waals surface area contributed by atoms with Crippen LogP contribution in [0.2, 0.25) is 0 Å². The Morgan fingerprint density at radius 2 is 2.28 bits per heavy atom. The highest BCUT2D eigenvalue weighted by Gasteiger charge is 2.35. The maximum atomic E-state index is 12.4. The first kappa shape index (κ1) is 16.9. The molecule has 25 heavy (non-hydrogen) atoms. The third kappa shape index (κ3) is 4.02. The number of para-hydroxylation sites is 1. The van der Waals surface area contributed by atoms with Gasteiger partial charge in [-0.3, -0.25) is 4.79 Å². The first-order valence-corrected chi connectivity index (χ1v) is 10.1. The third-order valence-corrected chi connectivity index (χ3v) is 6.30. The number of morpholine rings is 1. The van der Waals surface area contributed by atoms with Crippen molar-refractivity contribution in [2.45, 2.75) is 44.2 Å². The van der Waals surface area contributed by atoms with Crippen LogP contribution in [0.1, 0.15) is 30.7 Å². The van der Waals surface area contributed by atoms with E-state index in [1.54, 1.807) is 11.3 Å². The van der Waals surface area contributed by atoms with Gasteiger partial charge in [0.2, 0.25) is 5.91 Å². The summed E-state index contributed by atoms with van der Waals surface area (Å²) in [5, 5.41) is 7.77. The number of hydrogen-bond acceptors (Lipinski definition) is 5. The maximum absolute atomic E-state index is 12.4. The van der Waals surface area contributed by atoms with Gasteiger partial charge in [0.05, 0.1) is 27.9 Å². The number of ether oxygens (including phenoxy) is 1. The number of thiazole rings is 1. The second kappa shape index (κ2) is 7.81. The molecule has 1 saturated heterocycles. The Balaban J connectivity index is 1.21. The molecule has 0 bridgehead atoms. The molecule has 1 aliphatic heterocycles. The first-order valence-electron chi connectivity index (χ1n) is 9.27. The largest absolute Gasteiger partial charge is 0.375 e. The molecule has 1 aliphatic carbocycles. The lowest BCUT2D eigenvalue weighted by atomic mass is 9.82. The highest BCUT2D eigenvalue weighted by Crippen LogP contribution is 2.28. The van der Waals surface area contributed by atoms with E-state index in [2.05, 4.69) is 27.8 Å². The lowest BCUT2D eigenvalue weighted by Crippen LogP contribution is -2.53. The van der Waals surface area contributed by atoms with E-state index in [4.69, 9.17) is 4.74 Å². The van der Waals surface area contributed by atoms with Crippen molar-refractivity contribution in [2.75, 3.05) is 19.7 Å². The Morgan fingerprint density at radius 3 is 3.20 bits per heavy atom. The summed E-state index contributed by atoms with van der Waals surface area (Å²) in [6, 6.07) is 8.58. The van der Waals surface area contributed by atoms with Crippen LogP contribution in [0.25, 0.3) is 10.2 Å². The molecule has 134 valence electrons. The minimum absolute atomic E-state index is 0.123. The van der Waals surface area contributed by atoms with Gasteiger partial charge in [0.25, 0.3) is 0 Å². The number of benzene rings is 1. The fourth-order valence-corrected chi connectivity index (χ4v) is 4.88. The lowest BCUT2D eigenvalue weighted by molar-refractivity contribution is -0.128. The molecular weight excluding hydrogens is 334 g/mol. The first-order chi connectivity index (χ1) is 12.3. The molecule has 1 aromatic heterocycles. The number of aromatic nitrogens is 1. The number of rotatable bonds is 5. The number of fused-ring (bicyclic) bond motifs is 2. The smallest absolute Gasteiger partial charge is 0.223 e. The number of aryl methyl sites for hydroxylation is 1. The summed E-state index contributed by atoms with van der Waals surface area (Å²) in [4.78, 5) is 17.1. The molecule has 4 rings (SSSR count). The Kier molecular flexibility index (Phi) is 5.29. The van der Waals surface area contributed by atoms with Gasteiger partial charge in [-0.2, -0.15) is 0 Å². The van der Waals surface area contributed by atoms with Crippen LogP contribution in [-0.2, 0) is 16.0 Å². The highest BCUT2D eigenvalue weighted by molar-refractivity contribution is 7.18. The highest BCUT2D eigenvalue weighted by atomic mass is 32.1. The number of amides is 1. The molecule has 1 saturated carbocycles. The summed E-state index contributed by atoms with van der Waals surface area (Å²) in [7, 11) is 0. The molecule has 2 heterocycles. The summed E-state index contributed by atoms with van der Waals surface area (Å²) in [6.07, 6.45) is 4.98. The molecule has 0 radical (unpaired) electrons. The molecule has 6 heteroatoms. The average molecular weight is 359 g/mol. The fourth-order valence-electron chi connectivity index (χ4n) is 3.87. The maximum Gasteiger partial charge on any atom is 0.223 e. The molecule has 2 aromatic rings. The normalized spacial score (nSPS) is 26.3. The second-order valence-electron chi connectivity index (χ2n) is 6.95. The number of carbonyl (C=O) groups is 1. The molecule has 5 nitrogen and oxygen atoms in total. The Hall–Kier alpha value is -1.50. The van der Waals surface area contributed by atoms with E-state index in [0.29, 0.717) is 12.1 Å². The van der Waals surface area contributed by atoms with E-state index >= 15 is 0 Å². The quantitative estimate of drug-likeness (QED) is 0.805. The van der Waals surface area contributed by atoms with Gasteiger partial charge in [-0.15, -0.1) is 11.3 Å². The van der Waals surface area contributed by atoms with E-state index < -0.39 is 0 Å². The SMILES string of the molecule is O=C(NCCCc1nc2ccccc2s1)[C@H]1CC[C@H]2OCCN[C@@H]2C1. The van der Waals surface area contributed by atoms with Crippen LogP contribution in [0.3, 0.4) is 0 Å². The minimum atomic E-state index is 0.123. The minimum Gasteiger partial charge on any atom is -0.375 e. The Morgan fingerprint density at radius 1 is 1.36 bits per heavy atom. The topological polar surface area (TPSA) is 63.2 Å². The van der Waals surface area contributed by atoms with Crippen molar-refractivity contribution in [3.05, 3.63) is 29.3 Å². The van der Waals surface area contributed by atoms with Crippen molar-refractivity contribution < 1.29 is 9.53 Å². The average Bonchev–Trinajstić information content (AvgIpc) is 3.07. The van der Waals surface area contributed by atoms with Crippen molar-refractivity contribution in [2.24, 2.45) is 5.92 Å². The van der Waals surface area contributed by atoms with Crippen LogP contribution < -0.4 is 10.6 Å². The van der Waals surface area contributed by atoms with E-state index in [1.165, 1.54) is 4.70 Å². The predicted molar refractivity (Wildman–Crippen MR) is 99.8 cm³/mol. The summed E-state index contributed by atoms with van der Waals surface area (Å²) in [5.41, 5.74) is 1.07. The molecule has 0 unspecified atom stereocenters. The summed E-state index contributed by atoms with van der Waals surface area (Å²) >= 11 is 1.75. The molecule has 1 amide bonds. The summed E-state index contributed by atoms with van der Waals surface area (Å²) in [6.45, 7) is 2.42. The number of hydrogen-bond donors (Lipinski definition) is 2. The molecule has 2 aliphatic rings. The van der Waals surface area contributed by atoms with Gasteiger partial charge in [-0.1, -0.05) is 12.1 Å². The molecule has 3 atom stereocenters. The van der Waals surface area contributed by atoms with Crippen molar-refractivity contribution >= 4 is 27.5 Å². The predicted octanol–water partition coefficient (Wildman–Crippen LogP) is 2.50. The molecule has 2 N–H and O–H groups in total. The van der Waals surface area contributed by atoms with Crippen LogP contribution >= 0.6 is 11.3 Å². The van der Waals surface area contributed by atoms with Crippen LogP contribution in [0, 0.1) is 5.92 Å². The van der Waals surface area contributed by atoms with Gasteiger partial charge < -0.3 is 15.4 Å². The fraction of sp³-hybridized carbons (Fsp3) is 0.579. The van der Waals surface area contributed by atoms with Crippen LogP contribution in [0.15, 0.2) is 24.3 Å². The van der Waals surface area contributed by atoms with Gasteiger partial charge in [0, 0.05) is 31.5 Å². The van der Waals surface area contributed by atoms with Gasteiger partial charge >= 0.3 is 0 Å². The zero-order valence-electron chi connectivity index (χ0n) is 14.4. The number of carbonyl (C=O) groups excluding carboxylic acids is 1. The molecule has 0 spiro atoms. The van der Waals surface area contributed by atoms with Gasteiger partial charge in [-0.25, -0.2) is 4.98 Å². The van der Waals surface area contributed by atoms with E-state index in [0.717, 1.165) is 62.3 Å². The van der Waals surface area contributed by atoms with Crippen molar-refractivity contribution in [1.82, 2.24) is 15.6 Å². The van der Waals surface area contributed by atoms with Crippen LogP contribution in [0.4, 0.5) is 0 Å². The Labute approximate surface area is 152 Å². The number of nitrogens with one attached hydrogen (secondary N) is 2. The van der Waals surface area contributed by atoms with E-state index in [9.17, 15) is 4.79 Å². The van der Waals surface area contributed by atoms with Crippen LogP contribution in [0.5, 0.6) is 0 Å². The molecule has 1 aromatic carbocycles. The van der Waals surface area contributed by atoms with E-state index in [-0.39, 0.29) is 11.8 Å². The summed E-state index contributed by atoms with van der Waals surface area (Å²) in [5.74, 6) is 0.327. The van der Waals surface area contributed by atoms with Crippen molar-refractivity contribution in [1.29, 1.82) is 0 Å². The molecule has 2 fully saturated rings. The van der Waals surface area contributed by atoms with Gasteiger partial charge in [0.15, 0.2) is 0 Å². The third-order valence-electron chi connectivity index (χ3n) is 5.20. The summed E-state index contributed by atoms with van der Waals surface area (Å²) < 4.78 is 7.02. The van der Waals surface area contributed by atoms with Crippen molar-refractivity contribution in [3.8, 4) is 0 Å². The van der Waals surface area contributed by atoms with Crippen LogP contribution in [-0.4, -0.2) is 42.7 Å². The lowest BCUT2D eigenvalue weighted by Gasteiger charge is -2.39. The molecular formula is C19H25N3O2S. The zero-order valence-corrected chi connectivity index (χ0v) is 15.2. The second-order valence-corrected chi connectivity index (χ2v) is 8.06. The zero-order chi connectivity index (χ0) is 17.1. The standard InChI is InChI=1S/C19H25N3O2S/c23-19(13-7-8-16-15(12-13)20-10-11-24-16)21-9-3-6-18-22-14-4-1-2-5-17(14)25-18/h1-2,4-5,13,15-16,20H,3,6-12H2,(H,21,23)/t13-,15+,16+/m0/s1.